The summed E-state index contributed by atoms with van der Waals surface area (Å²) in [4.78, 5) is 11.0. The molecular formula is C8H14O3. The van der Waals surface area contributed by atoms with Crippen LogP contribution in [0.3, 0.4) is 0 Å². The number of hydrogen-bond donors (Lipinski definition) is 0. The molecule has 3 unspecified atom stereocenters. The summed E-state index contributed by atoms with van der Waals surface area (Å²) < 4.78 is 10.3. The standard InChI is InChI=1S/C8H14O3/c1-5-7(6(2)9)4-11-8(5)10-3/h5,7-8H,4H2,1-3H3. The van der Waals surface area contributed by atoms with E-state index in [1.54, 1.807) is 14.0 Å². The zero-order chi connectivity index (χ0) is 8.43. The van der Waals surface area contributed by atoms with Crippen LogP contribution in [-0.4, -0.2) is 25.8 Å². The van der Waals surface area contributed by atoms with Crippen molar-refractivity contribution in [1.82, 2.24) is 0 Å². The first-order valence-electron chi connectivity index (χ1n) is 3.81. The van der Waals surface area contributed by atoms with Crippen molar-refractivity contribution < 1.29 is 14.3 Å². The third kappa shape index (κ3) is 1.60. The van der Waals surface area contributed by atoms with Crippen LogP contribution in [0.1, 0.15) is 13.8 Å². The van der Waals surface area contributed by atoms with Gasteiger partial charge in [0.15, 0.2) is 6.29 Å². The molecule has 0 N–H and O–H groups in total. The monoisotopic (exact) mass is 158 g/mol. The second kappa shape index (κ2) is 3.32. The predicted octanol–water partition coefficient (Wildman–Crippen LogP) is 0.830. The molecule has 1 fully saturated rings. The number of rotatable bonds is 2. The summed E-state index contributed by atoms with van der Waals surface area (Å²) in [6.45, 7) is 4.09. The van der Waals surface area contributed by atoms with E-state index in [4.69, 9.17) is 9.47 Å². The highest BCUT2D eigenvalue weighted by Gasteiger charge is 2.36. The first-order chi connectivity index (χ1) is 5.16. The maximum absolute atomic E-state index is 11.0. The Hall–Kier alpha value is -0.410. The van der Waals surface area contributed by atoms with Crippen molar-refractivity contribution in [3.63, 3.8) is 0 Å². The van der Waals surface area contributed by atoms with Crippen LogP contribution in [0, 0.1) is 11.8 Å². The lowest BCUT2D eigenvalue weighted by molar-refractivity contribution is -0.122. The fraction of sp³-hybridized carbons (Fsp3) is 0.875. The van der Waals surface area contributed by atoms with Crippen LogP contribution >= 0.6 is 0 Å². The lowest BCUT2D eigenvalue weighted by atomic mass is 9.93. The average Bonchev–Trinajstić information content (AvgIpc) is 2.30. The summed E-state index contributed by atoms with van der Waals surface area (Å²) in [6, 6.07) is 0. The van der Waals surface area contributed by atoms with Crippen molar-refractivity contribution in [3.05, 3.63) is 0 Å². The van der Waals surface area contributed by atoms with Crippen LogP contribution in [0.4, 0.5) is 0 Å². The third-order valence-electron chi connectivity index (χ3n) is 2.26. The molecular weight excluding hydrogens is 144 g/mol. The van der Waals surface area contributed by atoms with E-state index in [0.29, 0.717) is 6.61 Å². The number of ether oxygens (including phenoxy) is 2. The lowest BCUT2D eigenvalue weighted by Gasteiger charge is -2.14. The van der Waals surface area contributed by atoms with E-state index in [1.807, 2.05) is 6.92 Å². The van der Waals surface area contributed by atoms with E-state index in [2.05, 4.69) is 0 Å². The van der Waals surface area contributed by atoms with Crippen molar-refractivity contribution in [2.45, 2.75) is 20.1 Å². The van der Waals surface area contributed by atoms with Crippen molar-refractivity contribution in [2.75, 3.05) is 13.7 Å². The molecule has 0 amide bonds. The molecule has 0 aromatic heterocycles. The fourth-order valence-electron chi connectivity index (χ4n) is 1.46. The summed E-state index contributed by atoms with van der Waals surface area (Å²) in [5, 5.41) is 0. The van der Waals surface area contributed by atoms with Gasteiger partial charge < -0.3 is 9.47 Å². The van der Waals surface area contributed by atoms with Crippen molar-refractivity contribution in [1.29, 1.82) is 0 Å². The quantitative estimate of drug-likeness (QED) is 0.597. The van der Waals surface area contributed by atoms with Crippen LogP contribution < -0.4 is 0 Å². The van der Waals surface area contributed by atoms with Crippen molar-refractivity contribution in [2.24, 2.45) is 11.8 Å². The molecule has 0 aliphatic carbocycles. The van der Waals surface area contributed by atoms with Gasteiger partial charge in [-0.2, -0.15) is 0 Å². The highest BCUT2D eigenvalue weighted by atomic mass is 16.7. The Bertz CT molecular complexity index is 155. The minimum atomic E-state index is -0.191. The van der Waals surface area contributed by atoms with Gasteiger partial charge in [0.05, 0.1) is 6.61 Å². The maximum atomic E-state index is 11.0. The molecule has 1 aliphatic heterocycles. The normalized spacial score (nSPS) is 37.5. The van der Waals surface area contributed by atoms with Crippen LogP contribution in [0.5, 0.6) is 0 Å². The number of carbonyl (C=O) groups excluding carboxylic acids is 1. The summed E-state index contributed by atoms with van der Waals surface area (Å²) >= 11 is 0. The zero-order valence-corrected chi connectivity index (χ0v) is 7.16. The van der Waals surface area contributed by atoms with Gasteiger partial charge >= 0.3 is 0 Å². The molecule has 0 saturated carbocycles. The van der Waals surface area contributed by atoms with Gasteiger partial charge in [0.1, 0.15) is 5.78 Å². The predicted molar refractivity (Wildman–Crippen MR) is 40.1 cm³/mol. The van der Waals surface area contributed by atoms with E-state index >= 15 is 0 Å². The average molecular weight is 158 g/mol. The summed E-state index contributed by atoms with van der Waals surface area (Å²) in [5.74, 6) is 0.412. The van der Waals surface area contributed by atoms with Crippen LogP contribution in [0.25, 0.3) is 0 Å². The molecule has 3 atom stereocenters. The topological polar surface area (TPSA) is 35.5 Å². The number of ketones is 1. The number of Topliss-reactive ketones (excluding diaryl/α,β-unsaturated/α-hetero) is 1. The Labute approximate surface area is 66.7 Å². The van der Waals surface area contributed by atoms with Gasteiger partial charge in [0.2, 0.25) is 0 Å². The summed E-state index contributed by atoms with van der Waals surface area (Å²) in [5.41, 5.74) is 0. The SMILES string of the molecule is COC1OCC(C(C)=O)C1C. The molecule has 1 rings (SSSR count). The van der Waals surface area contributed by atoms with Gasteiger partial charge in [-0.05, 0) is 6.92 Å². The van der Waals surface area contributed by atoms with Gasteiger partial charge in [-0.15, -0.1) is 0 Å². The molecule has 11 heavy (non-hydrogen) atoms. The maximum Gasteiger partial charge on any atom is 0.160 e. The highest BCUT2D eigenvalue weighted by Crippen LogP contribution is 2.27. The van der Waals surface area contributed by atoms with Crippen LogP contribution in [-0.2, 0) is 14.3 Å². The Kier molecular flexibility index (Phi) is 2.62. The van der Waals surface area contributed by atoms with Gasteiger partial charge in [0.25, 0.3) is 0 Å². The molecule has 0 aromatic carbocycles. The van der Waals surface area contributed by atoms with Crippen molar-refractivity contribution in [3.8, 4) is 0 Å². The van der Waals surface area contributed by atoms with E-state index in [-0.39, 0.29) is 23.9 Å². The molecule has 0 radical (unpaired) electrons. The molecule has 0 aromatic rings. The molecule has 1 heterocycles. The molecule has 1 aliphatic rings. The summed E-state index contributed by atoms with van der Waals surface area (Å²) in [7, 11) is 1.60. The number of carbonyl (C=O) groups is 1. The second-order valence-corrected chi connectivity index (χ2v) is 3.01. The lowest BCUT2D eigenvalue weighted by Crippen LogP contribution is -2.22. The molecule has 0 spiro atoms. The zero-order valence-electron chi connectivity index (χ0n) is 7.16. The van der Waals surface area contributed by atoms with Crippen LogP contribution in [0.2, 0.25) is 0 Å². The Morgan fingerprint density at radius 2 is 2.27 bits per heavy atom. The van der Waals surface area contributed by atoms with Crippen LogP contribution in [0.15, 0.2) is 0 Å². The van der Waals surface area contributed by atoms with Gasteiger partial charge in [-0.3, -0.25) is 4.79 Å². The van der Waals surface area contributed by atoms with Crippen molar-refractivity contribution >= 4 is 5.78 Å². The smallest absolute Gasteiger partial charge is 0.160 e. The Balaban J connectivity index is 2.55. The largest absolute Gasteiger partial charge is 0.356 e. The number of methoxy groups -OCH3 is 1. The van der Waals surface area contributed by atoms with E-state index in [0.717, 1.165) is 0 Å². The van der Waals surface area contributed by atoms with E-state index in [1.165, 1.54) is 0 Å². The van der Waals surface area contributed by atoms with Gasteiger partial charge in [0, 0.05) is 18.9 Å². The highest BCUT2D eigenvalue weighted by molar-refractivity contribution is 5.79. The second-order valence-electron chi connectivity index (χ2n) is 3.01. The molecule has 3 nitrogen and oxygen atoms in total. The summed E-state index contributed by atoms with van der Waals surface area (Å²) in [6.07, 6.45) is -0.191. The molecule has 0 bridgehead atoms. The molecule has 64 valence electrons. The fourth-order valence-corrected chi connectivity index (χ4v) is 1.46. The first-order valence-corrected chi connectivity index (χ1v) is 3.81. The first kappa shape index (κ1) is 8.68. The molecule has 3 heteroatoms. The van der Waals surface area contributed by atoms with Gasteiger partial charge in [-0.1, -0.05) is 6.92 Å². The minimum Gasteiger partial charge on any atom is -0.356 e. The van der Waals surface area contributed by atoms with Gasteiger partial charge in [-0.25, -0.2) is 0 Å². The minimum absolute atomic E-state index is 0.0277. The Morgan fingerprint density at radius 3 is 2.55 bits per heavy atom. The number of hydrogen-bond acceptors (Lipinski definition) is 3. The third-order valence-corrected chi connectivity index (χ3v) is 2.26. The molecule has 1 saturated heterocycles. The van der Waals surface area contributed by atoms with E-state index < -0.39 is 0 Å². The Morgan fingerprint density at radius 1 is 1.64 bits per heavy atom. The van der Waals surface area contributed by atoms with E-state index in [9.17, 15) is 4.79 Å².